The lowest BCUT2D eigenvalue weighted by Gasteiger charge is -2.22. The highest BCUT2D eigenvalue weighted by molar-refractivity contribution is 6.31. The number of fused-ring (bicyclic) bond motifs is 2. The van der Waals surface area contributed by atoms with E-state index < -0.39 is 0 Å². The van der Waals surface area contributed by atoms with Crippen molar-refractivity contribution in [2.45, 2.75) is 6.92 Å². The molecule has 0 fully saturated rings. The summed E-state index contributed by atoms with van der Waals surface area (Å²) in [5.74, 6) is 0. The number of benzene rings is 4. The first kappa shape index (κ1) is 22.5. The zero-order valence-corrected chi connectivity index (χ0v) is 20.9. The van der Waals surface area contributed by atoms with Gasteiger partial charge in [-0.1, -0.05) is 83.4 Å². The molecule has 6 rings (SSSR count). The lowest BCUT2D eigenvalue weighted by molar-refractivity contribution is 1.02. The van der Waals surface area contributed by atoms with Gasteiger partial charge in [0.25, 0.3) is 5.56 Å². The van der Waals surface area contributed by atoms with Gasteiger partial charge in [0.15, 0.2) is 0 Å². The average Bonchev–Trinajstić information content (AvgIpc) is 2.89. The molecule has 2 heterocycles. The molecule has 3 nitrogen and oxygen atoms in total. The minimum Gasteiger partial charge on any atom is -0.274 e. The van der Waals surface area contributed by atoms with E-state index in [4.69, 9.17) is 23.2 Å². The molecule has 36 heavy (non-hydrogen) atoms. The van der Waals surface area contributed by atoms with Crippen molar-refractivity contribution in [3.8, 4) is 28.1 Å². The van der Waals surface area contributed by atoms with Crippen molar-refractivity contribution in [3.05, 3.63) is 129 Å². The quantitative estimate of drug-likeness (QED) is 0.241. The summed E-state index contributed by atoms with van der Waals surface area (Å²) in [4.78, 5) is 18.9. The second-order valence-corrected chi connectivity index (χ2v) is 9.65. The van der Waals surface area contributed by atoms with Crippen molar-refractivity contribution < 1.29 is 0 Å². The molecule has 0 amide bonds. The van der Waals surface area contributed by atoms with E-state index in [1.54, 1.807) is 10.8 Å². The fourth-order valence-corrected chi connectivity index (χ4v) is 5.05. The number of pyridine rings is 2. The van der Waals surface area contributed by atoms with Gasteiger partial charge in [0.1, 0.15) is 0 Å². The summed E-state index contributed by atoms with van der Waals surface area (Å²) < 4.78 is 1.79. The van der Waals surface area contributed by atoms with E-state index in [-0.39, 0.29) is 5.56 Å². The lowest BCUT2D eigenvalue weighted by atomic mass is 9.92. The topological polar surface area (TPSA) is 34.9 Å². The van der Waals surface area contributed by atoms with Crippen LogP contribution in [0.15, 0.2) is 108 Å². The minimum atomic E-state index is -0.106. The van der Waals surface area contributed by atoms with Crippen LogP contribution in [-0.2, 0) is 0 Å². The van der Waals surface area contributed by atoms with Gasteiger partial charge in [-0.3, -0.25) is 14.3 Å². The maximum absolute atomic E-state index is 14.3. The molecule has 0 aliphatic heterocycles. The van der Waals surface area contributed by atoms with Gasteiger partial charge < -0.3 is 0 Å². The smallest absolute Gasteiger partial charge is 0.263 e. The molecule has 0 aliphatic rings. The lowest BCUT2D eigenvalue weighted by Crippen LogP contribution is -2.22. The van der Waals surface area contributed by atoms with E-state index in [9.17, 15) is 4.79 Å². The molecule has 0 spiro atoms. The molecule has 0 atom stereocenters. The van der Waals surface area contributed by atoms with Crippen LogP contribution in [0.3, 0.4) is 0 Å². The van der Waals surface area contributed by atoms with Crippen molar-refractivity contribution in [1.82, 2.24) is 9.55 Å². The zero-order chi connectivity index (χ0) is 24.8. The van der Waals surface area contributed by atoms with Crippen molar-refractivity contribution in [1.29, 1.82) is 0 Å². The molecule has 0 aliphatic carbocycles. The van der Waals surface area contributed by atoms with E-state index in [1.807, 2.05) is 97.9 Å². The standard InChI is InChI=1S/C31H20Cl2N2O/c1-19-7-16-25-26(18-19)28(20-8-12-23(32)13-9-20)30(22-10-14-24(33)15-11-22)35(31(25)36)27-6-2-4-21-5-3-17-34-29(21)27/h2-18H,1H3. The molecule has 4 aromatic carbocycles. The Balaban J connectivity index is 1.87. The van der Waals surface area contributed by atoms with Gasteiger partial charge in [-0.25, -0.2) is 0 Å². The van der Waals surface area contributed by atoms with Crippen molar-refractivity contribution in [2.24, 2.45) is 0 Å². The number of nitrogens with zero attached hydrogens (tertiary/aromatic N) is 2. The van der Waals surface area contributed by atoms with E-state index in [1.165, 1.54) is 0 Å². The van der Waals surface area contributed by atoms with Crippen LogP contribution in [0, 0.1) is 6.92 Å². The summed E-state index contributed by atoms with van der Waals surface area (Å²) in [6.07, 6.45) is 1.75. The molecule has 0 bridgehead atoms. The number of halogens is 2. The van der Waals surface area contributed by atoms with Crippen molar-refractivity contribution in [2.75, 3.05) is 0 Å². The van der Waals surface area contributed by atoms with Crippen LogP contribution in [0.4, 0.5) is 0 Å². The molecule has 0 N–H and O–H groups in total. The van der Waals surface area contributed by atoms with Crippen molar-refractivity contribution in [3.63, 3.8) is 0 Å². The summed E-state index contributed by atoms with van der Waals surface area (Å²) in [7, 11) is 0. The molecular formula is C31H20Cl2N2O. The maximum atomic E-state index is 14.3. The highest BCUT2D eigenvalue weighted by Crippen LogP contribution is 2.39. The number of para-hydroxylation sites is 1. The Morgan fingerprint density at radius 1 is 0.722 bits per heavy atom. The number of rotatable bonds is 3. The van der Waals surface area contributed by atoms with Crippen LogP contribution < -0.4 is 5.56 Å². The summed E-state index contributed by atoms with van der Waals surface area (Å²) >= 11 is 12.5. The third kappa shape index (κ3) is 3.78. The summed E-state index contributed by atoms with van der Waals surface area (Å²) in [5.41, 5.74) is 6.00. The molecule has 174 valence electrons. The maximum Gasteiger partial charge on any atom is 0.263 e. The zero-order valence-electron chi connectivity index (χ0n) is 19.4. The first-order chi connectivity index (χ1) is 17.5. The Labute approximate surface area is 218 Å². The third-order valence-electron chi connectivity index (χ3n) is 6.44. The van der Waals surface area contributed by atoms with Crippen LogP contribution in [0.5, 0.6) is 0 Å². The van der Waals surface area contributed by atoms with E-state index in [0.717, 1.165) is 49.9 Å². The van der Waals surface area contributed by atoms with Gasteiger partial charge in [0.2, 0.25) is 0 Å². The summed E-state index contributed by atoms with van der Waals surface area (Å²) in [6, 6.07) is 31.1. The normalized spacial score (nSPS) is 11.3. The minimum absolute atomic E-state index is 0.106. The first-order valence-corrected chi connectivity index (χ1v) is 12.3. The highest BCUT2D eigenvalue weighted by Gasteiger charge is 2.22. The SMILES string of the molecule is Cc1ccc2c(=O)n(-c3cccc4cccnc34)c(-c3ccc(Cl)cc3)c(-c3ccc(Cl)cc3)c2c1. The molecular weight excluding hydrogens is 487 g/mol. The predicted octanol–water partition coefficient (Wildman–Crippen LogP) is 8.49. The monoisotopic (exact) mass is 506 g/mol. The number of hydrogen-bond donors (Lipinski definition) is 0. The molecule has 6 aromatic rings. The Bertz CT molecular complexity index is 1820. The second kappa shape index (κ2) is 8.94. The largest absolute Gasteiger partial charge is 0.274 e. The van der Waals surface area contributed by atoms with Crippen LogP contribution in [0.2, 0.25) is 10.0 Å². The van der Waals surface area contributed by atoms with Gasteiger partial charge in [0.05, 0.1) is 16.9 Å². The summed E-state index contributed by atoms with van der Waals surface area (Å²) in [6.45, 7) is 2.03. The van der Waals surface area contributed by atoms with Crippen molar-refractivity contribution >= 4 is 44.9 Å². The Hall–Kier alpha value is -3.92. The fraction of sp³-hybridized carbons (Fsp3) is 0.0323. The predicted molar refractivity (Wildman–Crippen MR) is 150 cm³/mol. The van der Waals surface area contributed by atoms with E-state index >= 15 is 0 Å². The molecule has 0 radical (unpaired) electrons. The van der Waals surface area contributed by atoms with Gasteiger partial charge in [-0.2, -0.15) is 0 Å². The van der Waals surface area contributed by atoms with Crippen LogP contribution in [0.25, 0.3) is 49.7 Å². The Kier molecular flexibility index (Phi) is 5.60. The van der Waals surface area contributed by atoms with Gasteiger partial charge in [0, 0.05) is 32.6 Å². The van der Waals surface area contributed by atoms with Gasteiger partial charge in [-0.15, -0.1) is 0 Å². The highest BCUT2D eigenvalue weighted by atomic mass is 35.5. The third-order valence-corrected chi connectivity index (χ3v) is 6.95. The first-order valence-electron chi connectivity index (χ1n) is 11.6. The van der Waals surface area contributed by atoms with Crippen LogP contribution in [-0.4, -0.2) is 9.55 Å². The molecule has 0 saturated heterocycles. The fourth-order valence-electron chi connectivity index (χ4n) is 4.80. The number of hydrogen-bond acceptors (Lipinski definition) is 2. The number of aryl methyl sites for hydroxylation is 1. The number of aromatic nitrogens is 2. The van der Waals surface area contributed by atoms with Crippen LogP contribution in [0.1, 0.15) is 5.56 Å². The summed E-state index contributed by atoms with van der Waals surface area (Å²) in [5, 5.41) is 3.76. The van der Waals surface area contributed by atoms with E-state index in [0.29, 0.717) is 15.4 Å². The van der Waals surface area contributed by atoms with Crippen LogP contribution >= 0.6 is 23.2 Å². The Morgan fingerprint density at radius 3 is 2.11 bits per heavy atom. The molecule has 2 aromatic heterocycles. The average molecular weight is 507 g/mol. The van der Waals surface area contributed by atoms with E-state index in [2.05, 4.69) is 11.1 Å². The van der Waals surface area contributed by atoms with Gasteiger partial charge >= 0.3 is 0 Å². The Morgan fingerprint density at radius 2 is 1.39 bits per heavy atom. The molecule has 5 heteroatoms. The molecule has 0 unspecified atom stereocenters. The van der Waals surface area contributed by atoms with Gasteiger partial charge in [-0.05, 0) is 65.9 Å². The second-order valence-electron chi connectivity index (χ2n) is 8.78. The molecule has 0 saturated carbocycles.